The van der Waals surface area contributed by atoms with Gasteiger partial charge in [-0.25, -0.2) is 8.42 Å². The van der Waals surface area contributed by atoms with E-state index < -0.39 is 15.9 Å². The smallest absolute Gasteiger partial charge is 0.266 e. The van der Waals surface area contributed by atoms with Crippen molar-refractivity contribution >= 4 is 15.9 Å². The Balaban J connectivity index is 2.83. The minimum Gasteiger partial charge on any atom is -0.266 e. The number of hydrogen-bond acceptors (Lipinski definition) is 3. The minimum atomic E-state index is -3.60. The van der Waals surface area contributed by atoms with Gasteiger partial charge in [0.25, 0.3) is 15.9 Å². The van der Waals surface area contributed by atoms with Crippen molar-refractivity contribution in [3.05, 3.63) is 35.4 Å². The van der Waals surface area contributed by atoms with E-state index in [0.29, 0.717) is 0 Å². The molecule has 0 saturated carbocycles. The first-order valence-corrected chi connectivity index (χ1v) is 6.12. The molecular formula is C10H12NO3S. The molecule has 4 nitrogen and oxygen atoms in total. The fourth-order valence-corrected chi connectivity index (χ4v) is 1.43. The molecule has 1 amide bonds. The van der Waals surface area contributed by atoms with Gasteiger partial charge in [0.1, 0.15) is 0 Å². The van der Waals surface area contributed by atoms with Gasteiger partial charge in [-0.3, -0.25) is 4.79 Å². The molecule has 1 aromatic rings. The molecule has 0 aliphatic rings. The second kappa shape index (κ2) is 4.44. The first-order valence-electron chi connectivity index (χ1n) is 4.51. The zero-order chi connectivity index (χ0) is 11.5. The molecule has 0 unspecified atom stereocenters. The molecule has 1 radical (unpaired) electrons. The molecule has 0 N–H and O–H groups in total. The zero-order valence-corrected chi connectivity index (χ0v) is 9.41. The maximum absolute atomic E-state index is 11.4. The van der Waals surface area contributed by atoms with Gasteiger partial charge in [0.2, 0.25) is 0 Å². The highest BCUT2D eigenvalue weighted by Gasteiger charge is 2.16. The summed E-state index contributed by atoms with van der Waals surface area (Å²) < 4.78 is 25.3. The van der Waals surface area contributed by atoms with Gasteiger partial charge in [0.05, 0.1) is 5.75 Å². The molecule has 0 aliphatic carbocycles. The third-order valence-electron chi connectivity index (χ3n) is 1.89. The number of amides is 1. The van der Waals surface area contributed by atoms with Crippen LogP contribution in [0.15, 0.2) is 24.3 Å². The third-order valence-corrected chi connectivity index (χ3v) is 3.06. The number of rotatable bonds is 3. The highest BCUT2D eigenvalue weighted by Crippen LogP contribution is 2.04. The van der Waals surface area contributed by atoms with Crippen molar-refractivity contribution in [2.45, 2.75) is 13.8 Å². The van der Waals surface area contributed by atoms with Crippen molar-refractivity contribution in [2.24, 2.45) is 0 Å². The molecule has 0 heterocycles. The van der Waals surface area contributed by atoms with Crippen LogP contribution in [0.5, 0.6) is 0 Å². The van der Waals surface area contributed by atoms with Crippen LogP contribution in [0.25, 0.3) is 0 Å². The molecule has 0 spiro atoms. The maximum Gasteiger partial charge on any atom is 0.287 e. The SMILES string of the molecule is CCS(=O)(=O)[N]C(=O)c1ccc(C)cc1. The van der Waals surface area contributed by atoms with Crippen molar-refractivity contribution in [1.29, 1.82) is 0 Å². The van der Waals surface area contributed by atoms with Crippen molar-refractivity contribution in [2.75, 3.05) is 5.75 Å². The van der Waals surface area contributed by atoms with E-state index >= 15 is 0 Å². The maximum atomic E-state index is 11.4. The van der Waals surface area contributed by atoms with Gasteiger partial charge in [-0.2, -0.15) is 0 Å². The lowest BCUT2D eigenvalue weighted by Crippen LogP contribution is -2.24. The Morgan fingerprint density at radius 2 is 1.80 bits per heavy atom. The highest BCUT2D eigenvalue weighted by atomic mass is 32.2. The van der Waals surface area contributed by atoms with Crippen LogP contribution in [0.3, 0.4) is 0 Å². The molecule has 81 valence electrons. The topological polar surface area (TPSA) is 65.3 Å². The van der Waals surface area contributed by atoms with E-state index in [0.717, 1.165) is 5.56 Å². The summed E-state index contributed by atoms with van der Waals surface area (Å²) in [7, 11) is -3.60. The van der Waals surface area contributed by atoms with E-state index in [1.165, 1.54) is 6.92 Å². The summed E-state index contributed by atoms with van der Waals surface area (Å²) in [5.74, 6) is -0.873. The Morgan fingerprint density at radius 3 is 2.27 bits per heavy atom. The predicted molar refractivity (Wildman–Crippen MR) is 57.1 cm³/mol. The summed E-state index contributed by atoms with van der Waals surface area (Å²) in [5, 5.41) is 0. The number of aryl methyl sites for hydroxylation is 1. The first-order chi connectivity index (χ1) is 6.94. The Hall–Kier alpha value is -1.36. The van der Waals surface area contributed by atoms with Crippen LogP contribution in [0.1, 0.15) is 22.8 Å². The molecular weight excluding hydrogens is 214 g/mol. The van der Waals surface area contributed by atoms with Crippen molar-refractivity contribution in [1.82, 2.24) is 4.72 Å². The lowest BCUT2D eigenvalue weighted by Gasteiger charge is -2.01. The van der Waals surface area contributed by atoms with Gasteiger partial charge in [-0.1, -0.05) is 17.7 Å². The average Bonchev–Trinajstić information content (AvgIpc) is 2.18. The zero-order valence-electron chi connectivity index (χ0n) is 8.60. The monoisotopic (exact) mass is 226 g/mol. The number of carbonyl (C=O) groups is 1. The number of hydrogen-bond donors (Lipinski definition) is 0. The first kappa shape index (κ1) is 11.7. The van der Waals surface area contributed by atoms with Crippen LogP contribution in [0.4, 0.5) is 0 Å². The summed E-state index contributed by atoms with van der Waals surface area (Å²) in [5.41, 5.74) is 1.29. The lowest BCUT2D eigenvalue weighted by molar-refractivity contribution is 0.0978. The molecule has 0 saturated heterocycles. The van der Waals surface area contributed by atoms with Crippen LogP contribution < -0.4 is 4.72 Å². The van der Waals surface area contributed by atoms with Gasteiger partial charge in [0.15, 0.2) is 0 Å². The molecule has 0 aliphatic heterocycles. The summed E-state index contributed by atoms with van der Waals surface area (Å²) >= 11 is 0. The molecule has 0 fully saturated rings. The van der Waals surface area contributed by atoms with Gasteiger partial charge in [-0.05, 0) is 26.0 Å². The van der Waals surface area contributed by atoms with Crippen molar-refractivity contribution in [3.8, 4) is 0 Å². The molecule has 1 rings (SSSR count). The largest absolute Gasteiger partial charge is 0.287 e. The van der Waals surface area contributed by atoms with E-state index in [4.69, 9.17) is 0 Å². The predicted octanol–water partition coefficient (Wildman–Crippen LogP) is 1.09. The average molecular weight is 226 g/mol. The second-order valence-corrected chi connectivity index (χ2v) is 5.06. The standard InChI is InChI=1S/C10H12NO3S/c1-3-15(13,14)11-10(12)9-6-4-8(2)5-7-9/h4-7H,3H2,1-2H3. The van der Waals surface area contributed by atoms with Gasteiger partial charge < -0.3 is 0 Å². The molecule has 0 bridgehead atoms. The van der Waals surface area contributed by atoms with Crippen LogP contribution in [-0.2, 0) is 10.0 Å². The summed E-state index contributed by atoms with van der Waals surface area (Å²) in [6, 6.07) is 6.60. The molecule has 1 aromatic carbocycles. The lowest BCUT2D eigenvalue weighted by atomic mass is 10.1. The molecule has 0 aromatic heterocycles. The molecule has 15 heavy (non-hydrogen) atoms. The molecule has 5 heteroatoms. The van der Waals surface area contributed by atoms with E-state index in [9.17, 15) is 13.2 Å². The van der Waals surface area contributed by atoms with Gasteiger partial charge in [0, 0.05) is 5.56 Å². The van der Waals surface area contributed by atoms with E-state index in [2.05, 4.69) is 4.72 Å². The normalized spacial score (nSPS) is 11.1. The van der Waals surface area contributed by atoms with Gasteiger partial charge in [-0.15, -0.1) is 4.72 Å². The quantitative estimate of drug-likeness (QED) is 0.774. The van der Waals surface area contributed by atoms with Crippen LogP contribution in [0, 0.1) is 6.92 Å². The number of sulfonamides is 1. The Labute approximate surface area is 89.4 Å². The summed E-state index contributed by atoms with van der Waals surface area (Å²) in [6.07, 6.45) is 0. The van der Waals surface area contributed by atoms with E-state index in [1.807, 2.05) is 6.92 Å². The van der Waals surface area contributed by atoms with Crippen molar-refractivity contribution in [3.63, 3.8) is 0 Å². The fraction of sp³-hybridized carbons (Fsp3) is 0.300. The van der Waals surface area contributed by atoms with Crippen molar-refractivity contribution < 1.29 is 13.2 Å². The minimum absolute atomic E-state index is 0.162. The van der Waals surface area contributed by atoms with Gasteiger partial charge >= 0.3 is 0 Å². The van der Waals surface area contributed by atoms with E-state index in [-0.39, 0.29) is 11.3 Å². The Bertz CT molecular complexity index is 448. The highest BCUT2D eigenvalue weighted by molar-refractivity contribution is 7.89. The second-order valence-electron chi connectivity index (χ2n) is 3.13. The Kier molecular flexibility index (Phi) is 3.47. The van der Waals surface area contributed by atoms with Crippen LogP contribution in [0.2, 0.25) is 0 Å². The summed E-state index contributed by atoms with van der Waals surface area (Å²) in [4.78, 5) is 11.4. The summed E-state index contributed by atoms with van der Waals surface area (Å²) in [6.45, 7) is 3.33. The van der Waals surface area contributed by atoms with E-state index in [1.54, 1.807) is 24.3 Å². The fourth-order valence-electron chi connectivity index (χ4n) is 0.940. The Morgan fingerprint density at radius 1 is 1.27 bits per heavy atom. The molecule has 0 atom stereocenters. The van der Waals surface area contributed by atoms with Crippen LogP contribution >= 0.6 is 0 Å². The van der Waals surface area contributed by atoms with Crippen LogP contribution in [-0.4, -0.2) is 20.1 Å². The number of carbonyl (C=O) groups excluding carboxylic acids is 1. The third kappa shape index (κ3) is 3.36. The number of nitrogens with zero attached hydrogens (tertiary/aromatic N) is 1. The number of benzene rings is 1.